The Hall–Kier alpha value is -1.89. The van der Waals surface area contributed by atoms with Crippen LogP contribution in [-0.2, 0) is 14.4 Å². The summed E-state index contributed by atoms with van der Waals surface area (Å²) in [5.74, 6) is -0.00867. The Bertz CT molecular complexity index is 814. The van der Waals surface area contributed by atoms with E-state index in [0.717, 1.165) is 45.2 Å². The number of likely N-dealkylation sites (tertiary alicyclic amines) is 2. The van der Waals surface area contributed by atoms with E-state index in [1.807, 2.05) is 38.7 Å². The molecule has 1 N–H and O–H groups in total. The summed E-state index contributed by atoms with van der Waals surface area (Å²) in [4.78, 5) is 46.4. The molecule has 0 aromatic carbocycles. The van der Waals surface area contributed by atoms with Gasteiger partial charge >= 0.3 is 0 Å². The van der Waals surface area contributed by atoms with Crippen LogP contribution in [0.2, 0.25) is 0 Å². The first-order valence-electron chi connectivity index (χ1n) is 14.0. The molecule has 7 heteroatoms. The summed E-state index contributed by atoms with van der Waals surface area (Å²) in [6.45, 7) is 20.0. The number of carbonyl (C=O) groups is 3. The molecule has 2 aliphatic heterocycles. The van der Waals surface area contributed by atoms with Crippen LogP contribution in [0.4, 0.5) is 0 Å². The maximum absolute atomic E-state index is 13.9. The van der Waals surface area contributed by atoms with Crippen molar-refractivity contribution in [3.63, 3.8) is 0 Å². The van der Waals surface area contributed by atoms with Gasteiger partial charge in [0.2, 0.25) is 17.7 Å². The lowest BCUT2D eigenvalue weighted by atomic mass is 9.84. The first kappa shape index (κ1) is 30.3. The fourth-order valence-electron chi connectivity index (χ4n) is 5.63. The number of piperidine rings is 1. The highest BCUT2D eigenvalue weighted by molar-refractivity contribution is 5.94. The second-order valence-electron chi connectivity index (χ2n) is 12.7. The van der Waals surface area contributed by atoms with Gasteiger partial charge in [0.15, 0.2) is 0 Å². The highest BCUT2D eigenvalue weighted by atomic mass is 16.2. The highest BCUT2D eigenvalue weighted by Crippen LogP contribution is 2.26. The van der Waals surface area contributed by atoms with Gasteiger partial charge in [-0.3, -0.25) is 19.3 Å². The topological polar surface area (TPSA) is 73.0 Å². The molecule has 4 atom stereocenters. The van der Waals surface area contributed by atoms with E-state index in [1.165, 1.54) is 0 Å². The smallest absolute Gasteiger partial charge is 0.249 e. The number of likely N-dealkylation sites (N-methyl/N-ethyl adjacent to an activating group) is 1. The molecule has 0 spiro atoms. The summed E-state index contributed by atoms with van der Waals surface area (Å²) < 4.78 is 0. The zero-order chi connectivity index (χ0) is 27.4. The summed E-state index contributed by atoms with van der Waals surface area (Å²) in [5.41, 5.74) is 0.215. The van der Waals surface area contributed by atoms with Crippen LogP contribution in [0.15, 0.2) is 11.6 Å². The minimum Gasteiger partial charge on any atom is -0.342 e. The third-order valence-electron chi connectivity index (χ3n) is 7.96. The predicted octanol–water partition coefficient (Wildman–Crippen LogP) is 4.22. The predicted molar refractivity (Wildman–Crippen MR) is 146 cm³/mol. The first-order chi connectivity index (χ1) is 16.7. The number of rotatable bonds is 8. The fraction of sp³-hybridized carbons (Fsp3) is 0.828. The summed E-state index contributed by atoms with van der Waals surface area (Å²) in [6.07, 6.45) is 6.96. The number of carbonyl (C=O) groups excluding carboxylic acids is 3. The Morgan fingerprint density at radius 1 is 1.00 bits per heavy atom. The molecule has 0 aliphatic carbocycles. The lowest BCUT2D eigenvalue weighted by Gasteiger charge is -2.41. The molecule has 0 aromatic heterocycles. The average molecular weight is 505 g/mol. The quantitative estimate of drug-likeness (QED) is 0.503. The second-order valence-corrected chi connectivity index (χ2v) is 12.7. The lowest BCUT2D eigenvalue weighted by molar-refractivity contribution is -0.142. The van der Waals surface area contributed by atoms with Gasteiger partial charge < -0.3 is 15.1 Å². The van der Waals surface area contributed by atoms with Crippen molar-refractivity contribution in [1.29, 1.82) is 0 Å². The number of nitrogens with one attached hydrogen (secondary N) is 1. The molecule has 7 nitrogen and oxygen atoms in total. The summed E-state index contributed by atoms with van der Waals surface area (Å²) >= 11 is 0. The molecule has 0 aromatic rings. The first-order valence-corrected chi connectivity index (χ1v) is 14.0. The summed E-state index contributed by atoms with van der Waals surface area (Å²) in [6, 6.07) is -0.576. The standard InChI is InChI=1S/C29H52N4O3/c1-19(2)24(18-21(5)27(35)33-17-13-14-22(33)6)31(10)28(36)25(29(7,8)9)30-26(34)23-15-11-12-16-32(23)20(3)4/h18-20,22-25H,11-17H2,1-10H3,(H,30,34)/b21-18+/t22-,23-,24-,25-/m1/s1. The molecule has 0 radical (unpaired) electrons. The SMILES string of the molecule is C/C(=C\[C@H](C(C)C)N(C)C(=O)[C@@H](NC(=O)[C@H]1CCCCN1C(C)C)C(C)(C)C)C(=O)N1CCC[C@H]1C. The minimum absolute atomic E-state index is 0.0539. The van der Waals surface area contributed by atoms with Gasteiger partial charge in [0.05, 0.1) is 12.1 Å². The molecule has 2 heterocycles. The molecule has 2 fully saturated rings. The van der Waals surface area contributed by atoms with Crippen molar-refractivity contribution >= 4 is 17.7 Å². The minimum atomic E-state index is -0.657. The summed E-state index contributed by atoms with van der Waals surface area (Å²) in [7, 11) is 1.80. The van der Waals surface area contributed by atoms with Gasteiger partial charge in [-0.15, -0.1) is 0 Å². The molecule has 206 valence electrons. The maximum Gasteiger partial charge on any atom is 0.249 e. The molecule has 2 saturated heterocycles. The van der Waals surface area contributed by atoms with Crippen LogP contribution in [0.25, 0.3) is 0 Å². The Morgan fingerprint density at radius 3 is 2.14 bits per heavy atom. The molecule has 36 heavy (non-hydrogen) atoms. The molecule has 2 rings (SSSR count). The Kier molecular flexibility index (Phi) is 10.6. The van der Waals surface area contributed by atoms with Crippen molar-refractivity contribution in [3.8, 4) is 0 Å². The normalized spacial score (nSPS) is 23.7. The maximum atomic E-state index is 13.9. The fourth-order valence-corrected chi connectivity index (χ4v) is 5.63. The van der Waals surface area contributed by atoms with Crippen LogP contribution in [0.3, 0.4) is 0 Å². The van der Waals surface area contributed by atoms with Crippen LogP contribution in [-0.4, -0.2) is 82.8 Å². The third-order valence-corrected chi connectivity index (χ3v) is 7.96. The van der Waals surface area contributed by atoms with Crippen LogP contribution in [0.5, 0.6) is 0 Å². The third kappa shape index (κ3) is 7.33. The Balaban J connectivity index is 2.25. The summed E-state index contributed by atoms with van der Waals surface area (Å²) in [5, 5.41) is 3.14. The van der Waals surface area contributed by atoms with E-state index in [9.17, 15) is 14.4 Å². The van der Waals surface area contributed by atoms with Crippen LogP contribution >= 0.6 is 0 Å². The molecule has 2 aliphatic rings. The van der Waals surface area contributed by atoms with Gasteiger partial charge in [-0.1, -0.05) is 47.1 Å². The molecule has 0 bridgehead atoms. The van der Waals surface area contributed by atoms with Crippen molar-refractivity contribution in [2.45, 2.75) is 125 Å². The van der Waals surface area contributed by atoms with Crippen molar-refractivity contribution in [3.05, 3.63) is 11.6 Å². The average Bonchev–Trinajstić information content (AvgIpc) is 3.23. The van der Waals surface area contributed by atoms with Gasteiger partial charge in [-0.25, -0.2) is 0 Å². The number of nitrogens with zero attached hydrogens (tertiary/aromatic N) is 3. The molecular formula is C29H52N4O3. The molecule has 0 saturated carbocycles. The van der Waals surface area contributed by atoms with E-state index in [0.29, 0.717) is 5.57 Å². The number of amides is 3. The van der Waals surface area contributed by atoms with Gasteiger partial charge in [0.1, 0.15) is 6.04 Å². The zero-order valence-electron chi connectivity index (χ0n) is 24.6. The zero-order valence-corrected chi connectivity index (χ0v) is 24.6. The van der Waals surface area contributed by atoms with E-state index in [4.69, 9.17) is 0 Å². The molecule has 0 unspecified atom stereocenters. The Labute approximate surface area is 220 Å². The van der Waals surface area contributed by atoms with Gasteiger partial charge in [-0.2, -0.15) is 0 Å². The van der Waals surface area contributed by atoms with Crippen molar-refractivity contribution in [2.24, 2.45) is 11.3 Å². The van der Waals surface area contributed by atoms with Gasteiger partial charge in [0, 0.05) is 31.2 Å². The van der Waals surface area contributed by atoms with Gasteiger partial charge in [-0.05, 0) is 71.3 Å². The second kappa shape index (κ2) is 12.6. The monoisotopic (exact) mass is 504 g/mol. The molecule has 3 amide bonds. The van der Waals surface area contributed by atoms with Crippen molar-refractivity contribution in [1.82, 2.24) is 20.0 Å². The van der Waals surface area contributed by atoms with E-state index >= 15 is 0 Å². The highest BCUT2D eigenvalue weighted by Gasteiger charge is 2.40. The molecular weight excluding hydrogens is 452 g/mol. The number of hydrogen-bond acceptors (Lipinski definition) is 4. The Morgan fingerprint density at radius 2 is 1.64 bits per heavy atom. The van der Waals surface area contributed by atoms with Crippen molar-refractivity contribution < 1.29 is 14.4 Å². The largest absolute Gasteiger partial charge is 0.342 e. The van der Waals surface area contributed by atoms with Crippen LogP contribution in [0, 0.1) is 11.3 Å². The lowest BCUT2D eigenvalue weighted by Crippen LogP contribution is -2.60. The van der Waals surface area contributed by atoms with E-state index in [1.54, 1.807) is 11.9 Å². The van der Waals surface area contributed by atoms with E-state index in [2.05, 4.69) is 44.8 Å². The van der Waals surface area contributed by atoms with Crippen LogP contribution in [0.1, 0.15) is 94.4 Å². The number of hydrogen-bond donors (Lipinski definition) is 1. The van der Waals surface area contributed by atoms with Crippen LogP contribution < -0.4 is 5.32 Å². The van der Waals surface area contributed by atoms with Gasteiger partial charge in [0.25, 0.3) is 0 Å². The van der Waals surface area contributed by atoms with Crippen molar-refractivity contribution in [2.75, 3.05) is 20.1 Å². The van der Waals surface area contributed by atoms with E-state index in [-0.39, 0.29) is 47.8 Å². The van der Waals surface area contributed by atoms with E-state index < -0.39 is 11.5 Å².